The summed E-state index contributed by atoms with van der Waals surface area (Å²) in [5.74, 6) is -0.498. The number of aryl methyl sites for hydroxylation is 2. The molecule has 0 aliphatic rings. The van der Waals surface area contributed by atoms with Crippen LogP contribution in [0.15, 0.2) is 64.3 Å². The molecule has 3 heterocycles. The number of aromatic nitrogens is 7. The van der Waals surface area contributed by atoms with E-state index in [-0.39, 0.29) is 17.3 Å². The summed E-state index contributed by atoms with van der Waals surface area (Å²) in [5, 5.41) is 24.3. The molecule has 13 heteroatoms. The monoisotopic (exact) mass is 502 g/mol. The number of hydrazone groups is 1. The summed E-state index contributed by atoms with van der Waals surface area (Å²) in [6.07, 6.45) is 1.43. The predicted octanol–water partition coefficient (Wildman–Crippen LogP) is 3.12. The predicted molar refractivity (Wildman–Crippen MR) is 132 cm³/mol. The van der Waals surface area contributed by atoms with Gasteiger partial charge in [0, 0.05) is 5.56 Å². The third-order valence-electron chi connectivity index (χ3n) is 5.32. The Kier molecular flexibility index (Phi) is 6.00. The minimum absolute atomic E-state index is 0.00111. The van der Waals surface area contributed by atoms with Gasteiger partial charge in [-0.2, -0.15) is 14.9 Å². The van der Waals surface area contributed by atoms with E-state index in [2.05, 4.69) is 36.3 Å². The Morgan fingerprint density at radius 3 is 2.53 bits per heavy atom. The van der Waals surface area contributed by atoms with Gasteiger partial charge in [-0.05, 0) is 36.3 Å². The van der Waals surface area contributed by atoms with Crippen molar-refractivity contribution < 1.29 is 9.42 Å². The standard InChI is InChI=1S/C23H19ClN10O2/c1-13-8-10-15(11-9-13)19-18(27-32-34(19)22-21(25)30-36-31-22)23(35)28-26-12-17-14(2)29-33(20(17)24)16-6-4-3-5-7-16/h3-12H,1-2H3,(H2,25,30)(H,28,35)/b26-12-. The highest BCUT2D eigenvalue weighted by atomic mass is 35.5. The number of amides is 1. The van der Waals surface area contributed by atoms with Crippen LogP contribution in [0, 0.1) is 13.8 Å². The number of halogens is 1. The van der Waals surface area contributed by atoms with Crippen LogP contribution < -0.4 is 11.2 Å². The molecule has 5 rings (SSSR count). The van der Waals surface area contributed by atoms with Crippen molar-refractivity contribution in [3.05, 3.63) is 82.3 Å². The number of nitrogens with two attached hydrogens (primary N) is 1. The Hall–Kier alpha value is -4.84. The fourth-order valence-electron chi connectivity index (χ4n) is 3.50. The van der Waals surface area contributed by atoms with E-state index in [4.69, 9.17) is 22.0 Å². The maximum absolute atomic E-state index is 13.1. The molecule has 0 bridgehead atoms. The normalized spacial score (nSPS) is 11.3. The van der Waals surface area contributed by atoms with E-state index >= 15 is 0 Å². The Morgan fingerprint density at radius 1 is 1.08 bits per heavy atom. The fourth-order valence-corrected chi connectivity index (χ4v) is 3.82. The third kappa shape index (κ3) is 4.20. The molecule has 0 fully saturated rings. The molecule has 0 aliphatic heterocycles. The minimum Gasteiger partial charge on any atom is -0.378 e. The summed E-state index contributed by atoms with van der Waals surface area (Å²) < 4.78 is 7.58. The number of nitrogens with one attached hydrogen (secondary N) is 1. The molecule has 0 radical (unpaired) electrons. The average Bonchev–Trinajstić information content (AvgIpc) is 3.58. The second-order valence-electron chi connectivity index (χ2n) is 7.77. The van der Waals surface area contributed by atoms with Crippen LogP contribution in [0.1, 0.15) is 27.3 Å². The number of hydrogen-bond donors (Lipinski definition) is 2. The molecule has 0 spiro atoms. The van der Waals surface area contributed by atoms with Crippen LogP contribution in [0.3, 0.4) is 0 Å². The lowest BCUT2D eigenvalue weighted by molar-refractivity contribution is 0.0950. The van der Waals surface area contributed by atoms with Crippen molar-refractivity contribution in [2.75, 3.05) is 5.73 Å². The van der Waals surface area contributed by atoms with E-state index < -0.39 is 5.91 Å². The Balaban J connectivity index is 1.45. The van der Waals surface area contributed by atoms with Crippen LogP contribution in [0.25, 0.3) is 22.8 Å². The fraction of sp³-hybridized carbons (Fsp3) is 0.0870. The van der Waals surface area contributed by atoms with Gasteiger partial charge in [0.25, 0.3) is 5.91 Å². The largest absolute Gasteiger partial charge is 0.378 e. The molecule has 5 aromatic rings. The van der Waals surface area contributed by atoms with E-state index in [1.165, 1.54) is 10.9 Å². The van der Waals surface area contributed by atoms with Crippen molar-refractivity contribution in [2.24, 2.45) is 5.10 Å². The number of anilines is 1. The highest BCUT2D eigenvalue weighted by molar-refractivity contribution is 6.32. The lowest BCUT2D eigenvalue weighted by atomic mass is 10.1. The van der Waals surface area contributed by atoms with E-state index in [1.54, 1.807) is 11.6 Å². The Morgan fingerprint density at radius 2 is 1.83 bits per heavy atom. The molecule has 0 aliphatic carbocycles. The summed E-state index contributed by atoms with van der Waals surface area (Å²) in [7, 11) is 0. The molecular formula is C23H19ClN10O2. The van der Waals surface area contributed by atoms with Crippen molar-refractivity contribution >= 4 is 29.5 Å². The topological polar surface area (TPSA) is 155 Å². The van der Waals surface area contributed by atoms with E-state index in [0.717, 1.165) is 11.3 Å². The van der Waals surface area contributed by atoms with Gasteiger partial charge in [-0.25, -0.2) is 14.7 Å². The van der Waals surface area contributed by atoms with Gasteiger partial charge in [-0.1, -0.05) is 64.8 Å². The second kappa shape index (κ2) is 9.43. The molecule has 2 aromatic carbocycles. The van der Waals surface area contributed by atoms with Crippen LogP contribution in [0.2, 0.25) is 5.15 Å². The van der Waals surface area contributed by atoms with Gasteiger partial charge < -0.3 is 5.73 Å². The van der Waals surface area contributed by atoms with Gasteiger partial charge >= 0.3 is 0 Å². The number of rotatable bonds is 6. The first-order valence-corrected chi connectivity index (χ1v) is 11.1. The van der Waals surface area contributed by atoms with Crippen molar-refractivity contribution in [1.29, 1.82) is 0 Å². The van der Waals surface area contributed by atoms with Crippen molar-refractivity contribution in [1.82, 2.24) is 40.5 Å². The number of carbonyl (C=O) groups is 1. The number of nitrogens with zero attached hydrogens (tertiary/aromatic N) is 8. The first kappa shape index (κ1) is 22.9. The molecule has 1 amide bonds. The van der Waals surface area contributed by atoms with Crippen LogP contribution in [-0.2, 0) is 0 Å². The summed E-state index contributed by atoms with van der Waals surface area (Å²) in [6.45, 7) is 3.75. The molecule has 0 unspecified atom stereocenters. The summed E-state index contributed by atoms with van der Waals surface area (Å²) >= 11 is 6.53. The van der Waals surface area contributed by atoms with Gasteiger partial charge in [0.1, 0.15) is 10.8 Å². The number of hydrogen-bond acceptors (Lipinski definition) is 9. The highest BCUT2D eigenvalue weighted by Gasteiger charge is 2.25. The second-order valence-corrected chi connectivity index (χ2v) is 8.13. The molecule has 0 saturated heterocycles. The van der Waals surface area contributed by atoms with E-state index in [9.17, 15) is 4.79 Å². The number of carbonyl (C=O) groups excluding carboxylic acids is 1. The Bertz CT molecular complexity index is 1570. The smallest absolute Gasteiger partial charge is 0.294 e. The van der Waals surface area contributed by atoms with E-state index in [1.807, 2.05) is 61.5 Å². The van der Waals surface area contributed by atoms with Crippen molar-refractivity contribution in [3.63, 3.8) is 0 Å². The Labute approximate surface area is 209 Å². The quantitative estimate of drug-likeness (QED) is 0.265. The van der Waals surface area contributed by atoms with Gasteiger partial charge in [-0.3, -0.25) is 4.79 Å². The van der Waals surface area contributed by atoms with Gasteiger partial charge in [0.2, 0.25) is 11.6 Å². The zero-order valence-corrected chi connectivity index (χ0v) is 19.9. The van der Waals surface area contributed by atoms with Gasteiger partial charge in [0.05, 0.1) is 23.2 Å². The lowest BCUT2D eigenvalue weighted by Gasteiger charge is -2.06. The molecule has 36 heavy (non-hydrogen) atoms. The summed E-state index contributed by atoms with van der Waals surface area (Å²) in [6, 6.07) is 16.9. The van der Waals surface area contributed by atoms with Crippen LogP contribution >= 0.6 is 11.6 Å². The molecule has 12 nitrogen and oxygen atoms in total. The first-order valence-electron chi connectivity index (χ1n) is 10.7. The molecule has 180 valence electrons. The lowest BCUT2D eigenvalue weighted by Crippen LogP contribution is -2.19. The first-order chi connectivity index (χ1) is 17.4. The maximum atomic E-state index is 13.1. The maximum Gasteiger partial charge on any atom is 0.294 e. The third-order valence-corrected chi connectivity index (χ3v) is 5.68. The van der Waals surface area contributed by atoms with Gasteiger partial charge in [0.15, 0.2) is 5.69 Å². The molecule has 0 saturated carbocycles. The highest BCUT2D eigenvalue weighted by Crippen LogP contribution is 2.27. The summed E-state index contributed by atoms with van der Waals surface area (Å²) in [5.41, 5.74) is 12.4. The zero-order valence-electron chi connectivity index (χ0n) is 19.1. The number of benzene rings is 2. The number of para-hydroxylation sites is 1. The van der Waals surface area contributed by atoms with Gasteiger partial charge in [-0.15, -0.1) is 5.10 Å². The molecule has 0 atom stereocenters. The molecular weight excluding hydrogens is 484 g/mol. The van der Waals surface area contributed by atoms with Crippen molar-refractivity contribution in [2.45, 2.75) is 13.8 Å². The average molecular weight is 503 g/mol. The van der Waals surface area contributed by atoms with Crippen LogP contribution in [0.5, 0.6) is 0 Å². The van der Waals surface area contributed by atoms with E-state index in [0.29, 0.717) is 27.7 Å². The molecule has 3 aromatic heterocycles. The van der Waals surface area contributed by atoms with Crippen LogP contribution in [-0.4, -0.2) is 47.2 Å². The minimum atomic E-state index is -0.604. The number of nitrogen functional groups attached to an aromatic ring is 1. The zero-order chi connectivity index (χ0) is 25.2. The van der Waals surface area contributed by atoms with Crippen LogP contribution in [0.4, 0.5) is 5.82 Å². The SMILES string of the molecule is Cc1ccc(-c2c(C(=O)N/N=C\c3c(C)nn(-c4ccccc4)c3Cl)nnn2-c2nonc2N)cc1. The molecule has 3 N–H and O–H groups in total. The summed E-state index contributed by atoms with van der Waals surface area (Å²) in [4.78, 5) is 13.1. The van der Waals surface area contributed by atoms with Crippen molar-refractivity contribution in [3.8, 4) is 22.8 Å².